The van der Waals surface area contributed by atoms with Crippen LogP contribution >= 0.6 is 0 Å². The summed E-state index contributed by atoms with van der Waals surface area (Å²) in [6.45, 7) is 15.5. The number of rotatable bonds is 5. The summed E-state index contributed by atoms with van der Waals surface area (Å²) < 4.78 is 0. The molecule has 2 fully saturated rings. The minimum Gasteiger partial charge on any atom is -0.306 e. The second kappa shape index (κ2) is 10.6. The van der Waals surface area contributed by atoms with Crippen LogP contribution in [0.25, 0.3) is 0 Å². The zero-order valence-electron chi connectivity index (χ0n) is 15.4. The molecule has 0 radical (unpaired) electrons. The van der Waals surface area contributed by atoms with Gasteiger partial charge >= 0.3 is 0 Å². The van der Waals surface area contributed by atoms with Crippen molar-refractivity contribution in [3.8, 4) is 0 Å². The van der Waals surface area contributed by atoms with E-state index in [-0.39, 0.29) is 0 Å². The van der Waals surface area contributed by atoms with Gasteiger partial charge in [0.25, 0.3) is 0 Å². The summed E-state index contributed by atoms with van der Waals surface area (Å²) in [5, 5.41) is 0. The lowest BCUT2D eigenvalue weighted by Crippen LogP contribution is -2.36. The molecular weight excluding hydrogens is 256 g/mol. The molecule has 2 saturated heterocycles. The van der Waals surface area contributed by atoms with Crippen molar-refractivity contribution in [2.24, 2.45) is 17.8 Å². The molecule has 21 heavy (non-hydrogen) atoms. The largest absolute Gasteiger partial charge is 0.306 e. The lowest BCUT2D eigenvalue weighted by Gasteiger charge is -2.34. The fourth-order valence-corrected chi connectivity index (χ4v) is 3.80. The van der Waals surface area contributed by atoms with E-state index in [1.807, 2.05) is 13.8 Å². The molecule has 0 aliphatic carbocycles. The fourth-order valence-electron chi connectivity index (χ4n) is 3.80. The highest BCUT2D eigenvalue weighted by Crippen LogP contribution is 2.25. The summed E-state index contributed by atoms with van der Waals surface area (Å²) in [6.07, 6.45) is 8.65. The lowest BCUT2D eigenvalue weighted by atomic mass is 9.86. The summed E-state index contributed by atoms with van der Waals surface area (Å²) in [4.78, 5) is 5.20. The number of nitrogens with zero attached hydrogens (tertiary/aromatic N) is 2. The van der Waals surface area contributed by atoms with E-state index in [4.69, 9.17) is 0 Å². The third-order valence-electron chi connectivity index (χ3n) is 5.50. The minimum absolute atomic E-state index is 0.890. The van der Waals surface area contributed by atoms with Crippen molar-refractivity contribution in [2.75, 3.05) is 39.8 Å². The first-order valence-corrected chi connectivity index (χ1v) is 9.56. The first-order valence-electron chi connectivity index (χ1n) is 9.56. The number of likely N-dealkylation sites (tertiary alicyclic amines) is 2. The van der Waals surface area contributed by atoms with E-state index < -0.39 is 0 Å². The van der Waals surface area contributed by atoms with Crippen molar-refractivity contribution in [3.05, 3.63) is 0 Å². The van der Waals surface area contributed by atoms with Crippen molar-refractivity contribution < 1.29 is 0 Å². The molecule has 0 atom stereocenters. The molecule has 0 unspecified atom stereocenters. The first-order chi connectivity index (χ1) is 10.1. The topological polar surface area (TPSA) is 6.48 Å². The van der Waals surface area contributed by atoms with Gasteiger partial charge in [0, 0.05) is 0 Å². The Labute approximate surface area is 134 Å². The predicted molar refractivity (Wildman–Crippen MR) is 94.8 cm³/mol. The van der Waals surface area contributed by atoms with Gasteiger partial charge in [-0.25, -0.2) is 0 Å². The second-order valence-electron chi connectivity index (χ2n) is 7.31. The molecule has 2 heteroatoms. The standard InChI is InChI=1S/C17H34N2.C2H6/c1-15(2)17-8-13-19(14-9-17)10-4-5-16-6-11-18(3)12-7-16;1-2/h15-17H,4-14H2,1-3H3;1-2H3. The highest BCUT2D eigenvalue weighted by molar-refractivity contribution is 4.75. The average Bonchev–Trinajstić information content (AvgIpc) is 2.52. The SMILES string of the molecule is CC.CC(C)C1CCN(CCCC2CCN(C)CC2)CC1. The van der Waals surface area contributed by atoms with Crippen LogP contribution in [0.3, 0.4) is 0 Å². The Morgan fingerprint density at radius 3 is 2.00 bits per heavy atom. The Morgan fingerprint density at radius 1 is 0.905 bits per heavy atom. The van der Waals surface area contributed by atoms with Gasteiger partial charge in [-0.1, -0.05) is 27.7 Å². The Hall–Kier alpha value is -0.0800. The minimum atomic E-state index is 0.890. The average molecular weight is 297 g/mol. The quantitative estimate of drug-likeness (QED) is 0.737. The van der Waals surface area contributed by atoms with Crippen molar-refractivity contribution in [2.45, 2.75) is 66.2 Å². The molecule has 2 aliphatic heterocycles. The maximum atomic E-state index is 2.72. The predicted octanol–water partition coefficient (Wildman–Crippen LogP) is 4.50. The number of piperidine rings is 2. The zero-order valence-corrected chi connectivity index (χ0v) is 15.4. The molecule has 0 amide bonds. The van der Waals surface area contributed by atoms with Crippen LogP contribution in [0.1, 0.15) is 66.2 Å². The van der Waals surface area contributed by atoms with Gasteiger partial charge in [0.15, 0.2) is 0 Å². The molecule has 0 N–H and O–H groups in total. The van der Waals surface area contributed by atoms with Gasteiger partial charge in [-0.3, -0.25) is 0 Å². The molecule has 0 saturated carbocycles. The van der Waals surface area contributed by atoms with Crippen molar-refractivity contribution in [3.63, 3.8) is 0 Å². The maximum absolute atomic E-state index is 2.72. The molecule has 2 nitrogen and oxygen atoms in total. The second-order valence-corrected chi connectivity index (χ2v) is 7.31. The Balaban J connectivity index is 0.00000106. The van der Waals surface area contributed by atoms with Crippen LogP contribution in [-0.4, -0.2) is 49.6 Å². The van der Waals surface area contributed by atoms with E-state index in [9.17, 15) is 0 Å². The van der Waals surface area contributed by atoms with Crippen molar-refractivity contribution in [1.82, 2.24) is 9.80 Å². The molecule has 0 aromatic rings. The van der Waals surface area contributed by atoms with Gasteiger partial charge in [-0.15, -0.1) is 0 Å². The number of hydrogen-bond donors (Lipinski definition) is 0. The van der Waals surface area contributed by atoms with Gasteiger partial charge in [0.2, 0.25) is 0 Å². The molecule has 2 rings (SSSR count). The van der Waals surface area contributed by atoms with E-state index in [1.54, 1.807) is 0 Å². The van der Waals surface area contributed by atoms with Gasteiger partial charge in [0.05, 0.1) is 0 Å². The summed E-state index contributed by atoms with van der Waals surface area (Å²) in [5.41, 5.74) is 0. The van der Waals surface area contributed by atoms with Gasteiger partial charge in [-0.2, -0.15) is 0 Å². The summed E-state index contributed by atoms with van der Waals surface area (Å²) >= 11 is 0. The highest BCUT2D eigenvalue weighted by Gasteiger charge is 2.21. The van der Waals surface area contributed by atoms with Crippen LogP contribution in [0, 0.1) is 17.8 Å². The Kier molecular flexibility index (Phi) is 9.59. The van der Waals surface area contributed by atoms with Crippen LogP contribution in [0.5, 0.6) is 0 Å². The molecular formula is C19H40N2. The summed E-state index contributed by atoms with van der Waals surface area (Å²) in [6, 6.07) is 0. The molecule has 0 bridgehead atoms. The van der Waals surface area contributed by atoms with Crippen molar-refractivity contribution >= 4 is 0 Å². The van der Waals surface area contributed by atoms with Gasteiger partial charge in [0.1, 0.15) is 0 Å². The highest BCUT2D eigenvalue weighted by atomic mass is 15.1. The smallest absolute Gasteiger partial charge is 0.00160 e. The number of hydrogen-bond acceptors (Lipinski definition) is 2. The monoisotopic (exact) mass is 296 g/mol. The van der Waals surface area contributed by atoms with E-state index in [0.717, 1.165) is 17.8 Å². The third kappa shape index (κ3) is 7.15. The van der Waals surface area contributed by atoms with Crippen molar-refractivity contribution in [1.29, 1.82) is 0 Å². The Bertz CT molecular complexity index is 236. The molecule has 2 aliphatic rings. The maximum Gasteiger partial charge on any atom is -0.00160 e. The molecule has 0 aromatic heterocycles. The van der Waals surface area contributed by atoms with Crippen LogP contribution < -0.4 is 0 Å². The van der Waals surface area contributed by atoms with E-state index in [0.29, 0.717) is 0 Å². The van der Waals surface area contributed by atoms with E-state index >= 15 is 0 Å². The van der Waals surface area contributed by atoms with Gasteiger partial charge in [-0.05, 0) is 96.1 Å². The van der Waals surface area contributed by atoms with Gasteiger partial charge < -0.3 is 9.80 Å². The molecule has 0 spiro atoms. The van der Waals surface area contributed by atoms with Crippen LogP contribution in [0.4, 0.5) is 0 Å². The molecule has 2 heterocycles. The zero-order chi connectivity index (χ0) is 15.7. The molecule has 126 valence electrons. The normalized spacial score (nSPS) is 23.1. The summed E-state index contributed by atoms with van der Waals surface area (Å²) in [5.74, 6) is 2.90. The van der Waals surface area contributed by atoms with Crippen LogP contribution in [0.2, 0.25) is 0 Å². The summed E-state index contributed by atoms with van der Waals surface area (Å²) in [7, 11) is 2.26. The Morgan fingerprint density at radius 2 is 1.48 bits per heavy atom. The molecule has 0 aromatic carbocycles. The van der Waals surface area contributed by atoms with E-state index in [1.165, 1.54) is 71.2 Å². The van der Waals surface area contributed by atoms with Crippen LogP contribution in [0.15, 0.2) is 0 Å². The van der Waals surface area contributed by atoms with Crippen LogP contribution in [-0.2, 0) is 0 Å². The lowest BCUT2D eigenvalue weighted by molar-refractivity contribution is 0.149. The van der Waals surface area contributed by atoms with E-state index in [2.05, 4.69) is 30.7 Å². The fraction of sp³-hybridized carbons (Fsp3) is 1.00. The first kappa shape index (κ1) is 19.0. The third-order valence-corrected chi connectivity index (χ3v) is 5.50.